The molecule has 0 aliphatic rings. The molecule has 22 heavy (non-hydrogen) atoms. The van der Waals surface area contributed by atoms with E-state index < -0.39 is 4.92 Å². The topological polar surface area (TPSA) is 90.7 Å². The Morgan fingerprint density at radius 1 is 1.27 bits per heavy atom. The molecule has 0 radical (unpaired) electrons. The van der Waals surface area contributed by atoms with Gasteiger partial charge in [0, 0.05) is 18.5 Å². The highest BCUT2D eigenvalue weighted by molar-refractivity contribution is 5.75. The summed E-state index contributed by atoms with van der Waals surface area (Å²) in [7, 11) is 2.90. The van der Waals surface area contributed by atoms with Crippen LogP contribution in [0.25, 0.3) is 0 Å². The molecule has 0 fully saturated rings. The molecule has 0 unspecified atom stereocenters. The standard InChI is InChI=1S/C15H22N2O5/c1-4-5-6-15(18)16-8-7-11-9-13(21-2)14(22-3)10-12(11)17(19)20/h9-10H,4-8H2,1-3H3,(H,16,18). The zero-order chi connectivity index (χ0) is 16.5. The predicted molar refractivity (Wildman–Crippen MR) is 82.4 cm³/mol. The van der Waals surface area contributed by atoms with Crippen LogP contribution in [0.15, 0.2) is 12.1 Å². The van der Waals surface area contributed by atoms with Gasteiger partial charge in [-0.25, -0.2) is 0 Å². The fourth-order valence-corrected chi connectivity index (χ4v) is 2.04. The van der Waals surface area contributed by atoms with Crippen molar-refractivity contribution >= 4 is 11.6 Å². The quantitative estimate of drug-likeness (QED) is 0.559. The highest BCUT2D eigenvalue weighted by Crippen LogP contribution is 2.34. The van der Waals surface area contributed by atoms with E-state index in [1.807, 2.05) is 6.92 Å². The fraction of sp³-hybridized carbons (Fsp3) is 0.533. The number of carbonyl (C=O) groups is 1. The van der Waals surface area contributed by atoms with Gasteiger partial charge in [-0.1, -0.05) is 13.3 Å². The molecule has 0 aromatic heterocycles. The van der Waals surface area contributed by atoms with Gasteiger partial charge in [0.15, 0.2) is 11.5 Å². The molecule has 7 nitrogen and oxygen atoms in total. The third-order valence-electron chi connectivity index (χ3n) is 3.26. The summed E-state index contributed by atoms with van der Waals surface area (Å²) in [5.41, 5.74) is 0.457. The molecule has 0 heterocycles. The van der Waals surface area contributed by atoms with Crippen molar-refractivity contribution in [3.05, 3.63) is 27.8 Å². The maximum atomic E-state index is 11.5. The van der Waals surface area contributed by atoms with Gasteiger partial charge < -0.3 is 14.8 Å². The molecule has 1 N–H and O–H groups in total. The minimum Gasteiger partial charge on any atom is -0.493 e. The lowest BCUT2D eigenvalue weighted by Crippen LogP contribution is -2.25. The number of nitro groups is 1. The number of carbonyl (C=O) groups excluding carboxylic acids is 1. The number of benzene rings is 1. The number of amides is 1. The molecule has 0 aliphatic carbocycles. The van der Waals surface area contributed by atoms with Crippen LogP contribution in [0.5, 0.6) is 11.5 Å². The summed E-state index contributed by atoms with van der Waals surface area (Å²) in [4.78, 5) is 22.2. The number of methoxy groups -OCH3 is 2. The van der Waals surface area contributed by atoms with E-state index in [1.165, 1.54) is 20.3 Å². The average molecular weight is 310 g/mol. The molecule has 1 rings (SSSR count). The Labute approximate surface area is 129 Å². The Bertz CT molecular complexity index is 531. The average Bonchev–Trinajstić information content (AvgIpc) is 2.51. The van der Waals surface area contributed by atoms with Crippen LogP contribution in [0, 0.1) is 10.1 Å². The van der Waals surface area contributed by atoms with Crippen molar-refractivity contribution in [2.24, 2.45) is 0 Å². The highest BCUT2D eigenvalue weighted by atomic mass is 16.6. The predicted octanol–water partition coefficient (Wildman–Crippen LogP) is 2.46. The Morgan fingerprint density at radius 2 is 1.91 bits per heavy atom. The van der Waals surface area contributed by atoms with Gasteiger partial charge >= 0.3 is 0 Å². The summed E-state index contributed by atoms with van der Waals surface area (Å²) in [6.45, 7) is 2.36. The van der Waals surface area contributed by atoms with Gasteiger partial charge in [-0.2, -0.15) is 0 Å². The van der Waals surface area contributed by atoms with E-state index in [4.69, 9.17) is 9.47 Å². The van der Waals surface area contributed by atoms with E-state index in [2.05, 4.69) is 5.32 Å². The summed E-state index contributed by atoms with van der Waals surface area (Å²) < 4.78 is 10.2. The van der Waals surface area contributed by atoms with Crippen molar-refractivity contribution in [3.8, 4) is 11.5 Å². The molecule has 0 saturated heterocycles. The van der Waals surface area contributed by atoms with E-state index in [1.54, 1.807) is 6.07 Å². The normalized spacial score (nSPS) is 10.1. The van der Waals surface area contributed by atoms with Crippen LogP contribution in [-0.2, 0) is 11.2 Å². The molecule has 0 atom stereocenters. The largest absolute Gasteiger partial charge is 0.493 e. The van der Waals surface area contributed by atoms with Crippen molar-refractivity contribution in [2.75, 3.05) is 20.8 Å². The van der Waals surface area contributed by atoms with E-state index in [0.29, 0.717) is 36.4 Å². The molecule has 0 aliphatic heterocycles. The van der Waals surface area contributed by atoms with Crippen molar-refractivity contribution < 1.29 is 19.2 Å². The van der Waals surface area contributed by atoms with Gasteiger partial charge in [0.2, 0.25) is 5.91 Å². The zero-order valence-electron chi connectivity index (χ0n) is 13.2. The smallest absolute Gasteiger partial charge is 0.276 e. The van der Waals surface area contributed by atoms with Crippen LogP contribution in [-0.4, -0.2) is 31.6 Å². The third kappa shape index (κ3) is 4.91. The second-order valence-electron chi connectivity index (χ2n) is 4.80. The zero-order valence-corrected chi connectivity index (χ0v) is 13.2. The van der Waals surface area contributed by atoms with E-state index in [-0.39, 0.29) is 11.6 Å². The van der Waals surface area contributed by atoms with Crippen LogP contribution in [0.4, 0.5) is 5.69 Å². The molecule has 7 heteroatoms. The monoisotopic (exact) mass is 310 g/mol. The lowest BCUT2D eigenvalue weighted by molar-refractivity contribution is -0.385. The van der Waals surface area contributed by atoms with Crippen LogP contribution in [0.2, 0.25) is 0 Å². The highest BCUT2D eigenvalue weighted by Gasteiger charge is 2.19. The Hall–Kier alpha value is -2.31. The molecule has 1 aromatic carbocycles. The van der Waals surface area contributed by atoms with E-state index in [9.17, 15) is 14.9 Å². The van der Waals surface area contributed by atoms with Crippen molar-refractivity contribution in [1.29, 1.82) is 0 Å². The number of nitrogens with zero attached hydrogens (tertiary/aromatic N) is 1. The fourth-order valence-electron chi connectivity index (χ4n) is 2.04. The van der Waals surface area contributed by atoms with Crippen LogP contribution in [0.1, 0.15) is 31.7 Å². The minimum absolute atomic E-state index is 0.0371. The van der Waals surface area contributed by atoms with Gasteiger partial charge in [-0.3, -0.25) is 14.9 Å². The molecule has 1 amide bonds. The summed E-state index contributed by atoms with van der Waals surface area (Å²) in [5.74, 6) is 0.704. The van der Waals surface area contributed by atoms with Crippen molar-refractivity contribution in [3.63, 3.8) is 0 Å². The number of ether oxygens (including phenoxy) is 2. The summed E-state index contributed by atoms with van der Waals surface area (Å²) in [6.07, 6.45) is 2.62. The second kappa shape index (κ2) is 8.86. The second-order valence-corrected chi connectivity index (χ2v) is 4.80. The Kier molecular flexibility index (Phi) is 7.15. The maximum Gasteiger partial charge on any atom is 0.276 e. The van der Waals surface area contributed by atoms with Crippen LogP contribution < -0.4 is 14.8 Å². The molecular weight excluding hydrogens is 288 g/mol. The summed E-state index contributed by atoms with van der Waals surface area (Å²) >= 11 is 0. The molecule has 0 spiro atoms. The molecule has 1 aromatic rings. The molecule has 0 saturated carbocycles. The Morgan fingerprint density at radius 3 is 2.45 bits per heavy atom. The number of hydrogen-bond acceptors (Lipinski definition) is 5. The van der Waals surface area contributed by atoms with E-state index in [0.717, 1.165) is 12.8 Å². The molecular formula is C15H22N2O5. The lowest BCUT2D eigenvalue weighted by atomic mass is 10.1. The number of hydrogen-bond donors (Lipinski definition) is 1. The number of nitro benzene ring substituents is 1. The van der Waals surface area contributed by atoms with Crippen LogP contribution in [0.3, 0.4) is 0 Å². The first-order valence-corrected chi connectivity index (χ1v) is 7.19. The lowest BCUT2D eigenvalue weighted by Gasteiger charge is -2.11. The summed E-state index contributed by atoms with van der Waals surface area (Å²) in [5, 5.41) is 13.9. The van der Waals surface area contributed by atoms with E-state index >= 15 is 0 Å². The van der Waals surface area contributed by atoms with Crippen molar-refractivity contribution in [2.45, 2.75) is 32.6 Å². The number of unbranched alkanes of at least 4 members (excludes halogenated alkanes) is 1. The van der Waals surface area contributed by atoms with Gasteiger partial charge in [0.25, 0.3) is 5.69 Å². The van der Waals surface area contributed by atoms with Crippen LogP contribution >= 0.6 is 0 Å². The van der Waals surface area contributed by atoms with Gasteiger partial charge in [0.1, 0.15) is 0 Å². The number of nitrogens with one attached hydrogen (secondary N) is 1. The first-order valence-electron chi connectivity index (χ1n) is 7.19. The first kappa shape index (κ1) is 17.7. The van der Waals surface area contributed by atoms with Crippen molar-refractivity contribution in [1.82, 2.24) is 5.32 Å². The first-order chi connectivity index (χ1) is 10.5. The number of rotatable bonds is 9. The maximum absolute atomic E-state index is 11.5. The Balaban J connectivity index is 2.80. The van der Waals surface area contributed by atoms with Gasteiger partial charge in [0.05, 0.1) is 25.2 Å². The molecule has 122 valence electrons. The van der Waals surface area contributed by atoms with Gasteiger partial charge in [-0.05, 0) is 18.9 Å². The summed E-state index contributed by atoms with van der Waals surface area (Å²) in [6, 6.07) is 2.92. The SMILES string of the molecule is CCCCC(=O)NCCc1cc(OC)c(OC)cc1[N+](=O)[O-]. The minimum atomic E-state index is -0.462. The van der Waals surface area contributed by atoms with Gasteiger partial charge in [-0.15, -0.1) is 0 Å². The molecule has 0 bridgehead atoms. The third-order valence-corrected chi connectivity index (χ3v) is 3.26.